The van der Waals surface area contributed by atoms with E-state index in [2.05, 4.69) is 0 Å². The Hall–Kier alpha value is -2.50. The molecule has 3 rings (SSSR count). The summed E-state index contributed by atoms with van der Waals surface area (Å²) in [5.74, 6) is 0. The van der Waals surface area contributed by atoms with Crippen molar-refractivity contribution in [3.8, 4) is 11.1 Å². The number of carbonyl (C=O) groups excluding carboxylic acids is 1. The summed E-state index contributed by atoms with van der Waals surface area (Å²) >= 11 is 0. The first-order valence-electron chi connectivity index (χ1n) is 8.35. The van der Waals surface area contributed by atoms with Crippen molar-refractivity contribution >= 4 is 6.09 Å². The number of alkyl halides is 3. The van der Waals surface area contributed by atoms with Crippen molar-refractivity contribution in [2.45, 2.75) is 39.0 Å². The van der Waals surface area contributed by atoms with Crippen LogP contribution in [0.4, 0.5) is 18.0 Å². The molecule has 0 spiro atoms. The number of ether oxygens (including phenoxy) is 1. The summed E-state index contributed by atoms with van der Waals surface area (Å²) in [5.41, 5.74) is 6.55. The first-order chi connectivity index (χ1) is 12.1. The maximum atomic E-state index is 13.3. The standard InChI is InChI=1S/C20H20F3NO2/c1-19(2)10-9-13-11-12(7-8-15(13)17(19)26-18(24)25)14-5-3-4-6-16(14)20(21,22)23/h3-8,11,17H,9-10H2,1-2H3,(H2,24,25). The molecule has 0 heterocycles. The summed E-state index contributed by atoms with van der Waals surface area (Å²) in [7, 11) is 0. The zero-order valence-corrected chi connectivity index (χ0v) is 14.6. The zero-order valence-electron chi connectivity index (χ0n) is 14.6. The van der Waals surface area contributed by atoms with E-state index in [0.717, 1.165) is 23.6 Å². The monoisotopic (exact) mass is 363 g/mol. The molecule has 1 atom stereocenters. The molecule has 3 nitrogen and oxygen atoms in total. The second kappa shape index (κ2) is 6.34. The lowest BCUT2D eigenvalue weighted by molar-refractivity contribution is -0.137. The molecule has 2 aromatic carbocycles. The summed E-state index contributed by atoms with van der Waals surface area (Å²) < 4.78 is 45.2. The van der Waals surface area contributed by atoms with Gasteiger partial charge in [0.1, 0.15) is 6.10 Å². The number of halogens is 3. The predicted molar refractivity (Wildman–Crippen MR) is 92.4 cm³/mol. The van der Waals surface area contributed by atoms with Gasteiger partial charge in [-0.05, 0) is 41.2 Å². The molecular weight excluding hydrogens is 343 g/mol. The highest BCUT2D eigenvalue weighted by Gasteiger charge is 2.39. The lowest BCUT2D eigenvalue weighted by atomic mass is 9.71. The molecule has 26 heavy (non-hydrogen) atoms. The van der Waals surface area contributed by atoms with Gasteiger partial charge in [0, 0.05) is 5.41 Å². The predicted octanol–water partition coefficient (Wildman–Crippen LogP) is 5.48. The van der Waals surface area contributed by atoms with E-state index < -0.39 is 23.9 Å². The second-order valence-electron chi connectivity index (χ2n) is 7.26. The minimum absolute atomic E-state index is 0.139. The van der Waals surface area contributed by atoms with Gasteiger partial charge in [-0.3, -0.25) is 0 Å². The van der Waals surface area contributed by atoms with E-state index in [0.29, 0.717) is 12.0 Å². The third kappa shape index (κ3) is 3.41. The average Bonchev–Trinajstić information content (AvgIpc) is 2.56. The highest BCUT2D eigenvalue weighted by Crippen LogP contribution is 2.47. The van der Waals surface area contributed by atoms with Gasteiger partial charge in [0.2, 0.25) is 0 Å². The van der Waals surface area contributed by atoms with Crippen LogP contribution in [0.1, 0.15) is 43.1 Å². The van der Waals surface area contributed by atoms with Crippen molar-refractivity contribution in [2.24, 2.45) is 11.1 Å². The van der Waals surface area contributed by atoms with Crippen molar-refractivity contribution in [3.05, 3.63) is 59.2 Å². The highest BCUT2D eigenvalue weighted by atomic mass is 19.4. The normalized spacial score (nSPS) is 18.9. The van der Waals surface area contributed by atoms with Crippen LogP contribution in [0.25, 0.3) is 11.1 Å². The molecule has 0 bridgehead atoms. The van der Waals surface area contributed by atoms with Gasteiger partial charge in [0.25, 0.3) is 0 Å². The Labute approximate surface area is 150 Å². The fourth-order valence-electron chi connectivity index (χ4n) is 3.58. The van der Waals surface area contributed by atoms with Gasteiger partial charge in [0.05, 0.1) is 5.56 Å². The molecule has 0 aliphatic heterocycles. The summed E-state index contributed by atoms with van der Waals surface area (Å²) in [4.78, 5) is 11.3. The number of nitrogens with two attached hydrogens (primary N) is 1. The smallest absolute Gasteiger partial charge is 0.417 e. The molecule has 0 fully saturated rings. The zero-order chi connectivity index (χ0) is 19.1. The van der Waals surface area contributed by atoms with Gasteiger partial charge in [-0.1, -0.05) is 50.2 Å². The molecule has 1 unspecified atom stereocenters. The van der Waals surface area contributed by atoms with Gasteiger partial charge in [-0.15, -0.1) is 0 Å². The van der Waals surface area contributed by atoms with E-state index in [1.54, 1.807) is 24.3 Å². The molecule has 1 amide bonds. The van der Waals surface area contributed by atoms with E-state index in [4.69, 9.17) is 10.5 Å². The Morgan fingerprint density at radius 1 is 1.19 bits per heavy atom. The Balaban J connectivity index is 2.08. The second-order valence-corrected chi connectivity index (χ2v) is 7.26. The Bertz CT molecular complexity index is 843. The number of rotatable bonds is 2. The van der Waals surface area contributed by atoms with Gasteiger partial charge in [0.15, 0.2) is 0 Å². The van der Waals surface area contributed by atoms with Gasteiger partial charge >= 0.3 is 12.3 Å². The van der Waals surface area contributed by atoms with E-state index in [-0.39, 0.29) is 11.0 Å². The number of amides is 1. The van der Waals surface area contributed by atoms with E-state index in [9.17, 15) is 18.0 Å². The van der Waals surface area contributed by atoms with Gasteiger partial charge < -0.3 is 10.5 Å². The van der Waals surface area contributed by atoms with Crippen molar-refractivity contribution in [1.29, 1.82) is 0 Å². The third-order valence-corrected chi connectivity index (χ3v) is 4.95. The molecule has 1 aliphatic carbocycles. The maximum absolute atomic E-state index is 13.3. The number of benzene rings is 2. The molecule has 2 aromatic rings. The highest BCUT2D eigenvalue weighted by molar-refractivity contribution is 5.70. The molecule has 6 heteroatoms. The largest absolute Gasteiger partial charge is 0.441 e. The SMILES string of the molecule is CC1(C)CCc2cc(-c3ccccc3C(F)(F)F)ccc2C1OC(N)=O. The topological polar surface area (TPSA) is 52.3 Å². The number of aryl methyl sites for hydroxylation is 1. The van der Waals surface area contributed by atoms with E-state index in [1.165, 1.54) is 12.1 Å². The number of primary amides is 1. The molecule has 1 aliphatic rings. The van der Waals surface area contributed by atoms with Crippen molar-refractivity contribution < 1.29 is 22.7 Å². The van der Waals surface area contributed by atoms with Crippen LogP contribution in [-0.2, 0) is 17.3 Å². The lowest BCUT2D eigenvalue weighted by Crippen LogP contribution is -2.33. The fraction of sp³-hybridized carbons (Fsp3) is 0.350. The van der Waals surface area contributed by atoms with Crippen LogP contribution in [0, 0.1) is 5.41 Å². The Morgan fingerprint density at radius 2 is 1.88 bits per heavy atom. The van der Waals surface area contributed by atoms with E-state index >= 15 is 0 Å². The molecule has 0 aromatic heterocycles. The van der Waals surface area contributed by atoms with Gasteiger partial charge in [-0.25, -0.2) is 4.79 Å². The first kappa shape index (κ1) is 18.3. The summed E-state index contributed by atoms with van der Waals surface area (Å²) in [6.07, 6.45) is -4.37. The summed E-state index contributed by atoms with van der Waals surface area (Å²) in [5, 5.41) is 0. The molecule has 0 saturated carbocycles. The molecule has 0 radical (unpaired) electrons. The first-order valence-corrected chi connectivity index (χ1v) is 8.35. The van der Waals surface area contributed by atoms with Crippen molar-refractivity contribution in [1.82, 2.24) is 0 Å². The van der Waals surface area contributed by atoms with Crippen molar-refractivity contribution in [3.63, 3.8) is 0 Å². The minimum atomic E-state index is -4.42. The van der Waals surface area contributed by atoms with Crippen LogP contribution in [0.15, 0.2) is 42.5 Å². The van der Waals surface area contributed by atoms with Crippen LogP contribution in [-0.4, -0.2) is 6.09 Å². The van der Waals surface area contributed by atoms with Gasteiger partial charge in [-0.2, -0.15) is 13.2 Å². The van der Waals surface area contributed by atoms with Crippen LogP contribution in [0.5, 0.6) is 0 Å². The molecular formula is C20H20F3NO2. The van der Waals surface area contributed by atoms with E-state index in [1.807, 2.05) is 13.8 Å². The molecule has 0 saturated heterocycles. The third-order valence-electron chi connectivity index (χ3n) is 4.95. The Kier molecular flexibility index (Phi) is 4.46. The molecule has 138 valence electrons. The number of fused-ring (bicyclic) bond motifs is 1. The minimum Gasteiger partial charge on any atom is -0.441 e. The van der Waals surface area contributed by atoms with Crippen LogP contribution >= 0.6 is 0 Å². The average molecular weight is 363 g/mol. The quantitative estimate of drug-likeness (QED) is 0.768. The Morgan fingerprint density at radius 3 is 2.54 bits per heavy atom. The van der Waals surface area contributed by atoms with Crippen LogP contribution < -0.4 is 5.73 Å². The maximum Gasteiger partial charge on any atom is 0.417 e. The number of carbonyl (C=O) groups is 1. The van der Waals surface area contributed by atoms with Crippen LogP contribution in [0.2, 0.25) is 0 Å². The van der Waals surface area contributed by atoms with Crippen molar-refractivity contribution in [2.75, 3.05) is 0 Å². The number of hydrogen-bond donors (Lipinski definition) is 1. The van der Waals surface area contributed by atoms with Crippen LogP contribution in [0.3, 0.4) is 0 Å². The number of hydrogen-bond acceptors (Lipinski definition) is 2. The lowest BCUT2D eigenvalue weighted by Gasteiger charge is -2.39. The fourth-order valence-corrected chi connectivity index (χ4v) is 3.58. The summed E-state index contributed by atoms with van der Waals surface area (Å²) in [6.45, 7) is 3.97. The summed E-state index contributed by atoms with van der Waals surface area (Å²) in [6, 6.07) is 10.7. The molecule has 2 N–H and O–H groups in total.